The van der Waals surface area contributed by atoms with Crippen LogP contribution in [-0.2, 0) is 4.74 Å². The zero-order valence-corrected chi connectivity index (χ0v) is 13.0. The highest BCUT2D eigenvalue weighted by atomic mass is 16.5. The summed E-state index contributed by atoms with van der Waals surface area (Å²) in [6, 6.07) is 0. The van der Waals surface area contributed by atoms with Crippen molar-refractivity contribution >= 4 is 0 Å². The number of rotatable bonds is 5. The molecule has 3 rings (SSSR count). The third kappa shape index (κ3) is 2.63. The molecule has 0 saturated carbocycles. The third-order valence-electron chi connectivity index (χ3n) is 5.81. The molecule has 3 fully saturated rings. The molecule has 116 valence electrons. The minimum Gasteiger partial charge on any atom is -0.377 e. The molecule has 0 aromatic carbocycles. The minimum atomic E-state index is 0.265. The molecule has 0 amide bonds. The standard InChI is InChI=1S/C16H31N3O/c1-2-10-20-15-4-3-7-19(12-15)16(13-17)6-9-18-8-5-14(16)11-18/h14-15H,2-13,17H2,1H3. The van der Waals surface area contributed by atoms with E-state index in [2.05, 4.69) is 16.7 Å². The van der Waals surface area contributed by atoms with Gasteiger partial charge in [-0.15, -0.1) is 0 Å². The van der Waals surface area contributed by atoms with Gasteiger partial charge < -0.3 is 15.4 Å². The van der Waals surface area contributed by atoms with Crippen molar-refractivity contribution in [2.75, 3.05) is 45.9 Å². The molecule has 4 atom stereocenters. The van der Waals surface area contributed by atoms with E-state index in [4.69, 9.17) is 10.5 Å². The SMILES string of the molecule is CCCOC1CCCN(C2(CN)CCN3CCC2C3)C1. The lowest BCUT2D eigenvalue weighted by atomic mass is 9.76. The Balaban J connectivity index is 1.68. The highest BCUT2D eigenvalue weighted by Crippen LogP contribution is 2.40. The maximum atomic E-state index is 6.30. The van der Waals surface area contributed by atoms with Crippen molar-refractivity contribution < 1.29 is 4.74 Å². The van der Waals surface area contributed by atoms with E-state index in [9.17, 15) is 0 Å². The van der Waals surface area contributed by atoms with E-state index < -0.39 is 0 Å². The Hall–Kier alpha value is -0.160. The maximum absolute atomic E-state index is 6.30. The van der Waals surface area contributed by atoms with Gasteiger partial charge in [-0.25, -0.2) is 0 Å². The van der Waals surface area contributed by atoms with Crippen LogP contribution >= 0.6 is 0 Å². The lowest BCUT2D eigenvalue weighted by Gasteiger charge is -2.52. The van der Waals surface area contributed by atoms with Gasteiger partial charge in [0, 0.05) is 31.8 Å². The molecule has 3 heterocycles. The largest absolute Gasteiger partial charge is 0.377 e. The van der Waals surface area contributed by atoms with E-state index in [0.717, 1.165) is 32.0 Å². The van der Waals surface area contributed by atoms with Crippen LogP contribution in [0.4, 0.5) is 0 Å². The number of fused-ring (bicyclic) bond motifs is 2. The van der Waals surface area contributed by atoms with Gasteiger partial charge in [0.15, 0.2) is 0 Å². The van der Waals surface area contributed by atoms with E-state index in [1.165, 1.54) is 51.9 Å². The summed E-state index contributed by atoms with van der Waals surface area (Å²) < 4.78 is 6.03. The number of nitrogens with two attached hydrogens (primary N) is 1. The number of nitrogens with zero attached hydrogens (tertiary/aromatic N) is 2. The van der Waals surface area contributed by atoms with Crippen molar-refractivity contribution in [3.8, 4) is 0 Å². The Morgan fingerprint density at radius 3 is 2.90 bits per heavy atom. The van der Waals surface area contributed by atoms with Crippen LogP contribution in [-0.4, -0.2) is 67.3 Å². The van der Waals surface area contributed by atoms with Gasteiger partial charge >= 0.3 is 0 Å². The molecule has 4 unspecified atom stereocenters. The van der Waals surface area contributed by atoms with E-state index in [1.54, 1.807) is 0 Å². The third-order valence-corrected chi connectivity index (χ3v) is 5.81. The van der Waals surface area contributed by atoms with Crippen LogP contribution in [0.3, 0.4) is 0 Å². The van der Waals surface area contributed by atoms with Crippen molar-refractivity contribution in [3.05, 3.63) is 0 Å². The highest BCUT2D eigenvalue weighted by molar-refractivity contribution is 5.06. The van der Waals surface area contributed by atoms with Gasteiger partial charge in [0.2, 0.25) is 0 Å². The van der Waals surface area contributed by atoms with Gasteiger partial charge in [-0.05, 0) is 57.7 Å². The summed E-state index contributed by atoms with van der Waals surface area (Å²) in [4.78, 5) is 5.33. The zero-order chi connectivity index (χ0) is 14.0. The molecule has 3 saturated heterocycles. The Morgan fingerprint density at radius 2 is 2.10 bits per heavy atom. The quantitative estimate of drug-likeness (QED) is 0.825. The molecule has 4 heteroatoms. The van der Waals surface area contributed by atoms with E-state index >= 15 is 0 Å². The Morgan fingerprint density at radius 1 is 1.20 bits per heavy atom. The summed E-state index contributed by atoms with van der Waals surface area (Å²) >= 11 is 0. The average molecular weight is 281 g/mol. The first-order valence-electron chi connectivity index (χ1n) is 8.57. The predicted molar refractivity (Wildman–Crippen MR) is 81.8 cm³/mol. The molecular formula is C16H31N3O. The van der Waals surface area contributed by atoms with E-state index in [-0.39, 0.29) is 5.54 Å². The van der Waals surface area contributed by atoms with Crippen molar-refractivity contribution in [1.29, 1.82) is 0 Å². The van der Waals surface area contributed by atoms with E-state index in [0.29, 0.717) is 6.10 Å². The molecule has 3 aliphatic rings. The maximum Gasteiger partial charge on any atom is 0.0702 e. The number of hydrogen-bond donors (Lipinski definition) is 1. The molecule has 2 N–H and O–H groups in total. The fourth-order valence-electron chi connectivity index (χ4n) is 4.61. The molecule has 0 aromatic heterocycles. The van der Waals surface area contributed by atoms with Crippen LogP contribution in [0.1, 0.15) is 39.0 Å². The summed E-state index contributed by atoms with van der Waals surface area (Å²) in [5.74, 6) is 0.783. The molecule has 4 nitrogen and oxygen atoms in total. The van der Waals surface area contributed by atoms with Gasteiger partial charge in [-0.2, -0.15) is 0 Å². The summed E-state index contributed by atoms with van der Waals surface area (Å²) in [5.41, 5.74) is 6.56. The molecule has 2 bridgehead atoms. The smallest absolute Gasteiger partial charge is 0.0702 e. The molecule has 3 aliphatic heterocycles. The van der Waals surface area contributed by atoms with Crippen LogP contribution in [0.5, 0.6) is 0 Å². The van der Waals surface area contributed by atoms with Crippen LogP contribution < -0.4 is 5.73 Å². The van der Waals surface area contributed by atoms with Gasteiger partial charge in [-0.3, -0.25) is 4.90 Å². The van der Waals surface area contributed by atoms with E-state index in [1.807, 2.05) is 0 Å². The summed E-state index contributed by atoms with van der Waals surface area (Å²) in [7, 11) is 0. The molecule has 0 spiro atoms. The van der Waals surface area contributed by atoms with Crippen LogP contribution in [0, 0.1) is 5.92 Å². The van der Waals surface area contributed by atoms with Crippen molar-refractivity contribution in [3.63, 3.8) is 0 Å². The molecular weight excluding hydrogens is 250 g/mol. The Labute approximate surface area is 123 Å². The van der Waals surface area contributed by atoms with Crippen molar-refractivity contribution in [1.82, 2.24) is 9.80 Å². The molecule has 0 radical (unpaired) electrons. The van der Waals surface area contributed by atoms with Gasteiger partial charge in [-0.1, -0.05) is 6.92 Å². The fraction of sp³-hybridized carbons (Fsp3) is 1.00. The lowest BCUT2D eigenvalue weighted by molar-refractivity contribution is -0.0645. The van der Waals surface area contributed by atoms with Crippen molar-refractivity contribution in [2.24, 2.45) is 11.7 Å². The fourth-order valence-corrected chi connectivity index (χ4v) is 4.61. The van der Waals surface area contributed by atoms with Crippen LogP contribution in [0.25, 0.3) is 0 Å². The first-order chi connectivity index (χ1) is 9.78. The molecule has 0 aromatic rings. The van der Waals surface area contributed by atoms with Crippen molar-refractivity contribution in [2.45, 2.75) is 50.7 Å². The number of ether oxygens (including phenoxy) is 1. The highest BCUT2D eigenvalue weighted by Gasteiger charge is 2.49. The monoisotopic (exact) mass is 281 g/mol. The second kappa shape index (κ2) is 6.30. The lowest BCUT2D eigenvalue weighted by Crippen LogP contribution is -2.64. The molecule has 20 heavy (non-hydrogen) atoms. The Kier molecular flexibility index (Phi) is 4.65. The topological polar surface area (TPSA) is 41.7 Å². The minimum absolute atomic E-state index is 0.265. The average Bonchev–Trinajstić information content (AvgIpc) is 2.90. The summed E-state index contributed by atoms with van der Waals surface area (Å²) in [6.07, 6.45) is 6.66. The summed E-state index contributed by atoms with van der Waals surface area (Å²) in [6.45, 7) is 10.1. The summed E-state index contributed by atoms with van der Waals surface area (Å²) in [5, 5.41) is 0. The van der Waals surface area contributed by atoms with Crippen LogP contribution in [0.2, 0.25) is 0 Å². The second-order valence-electron chi connectivity index (χ2n) is 6.92. The molecule has 0 aliphatic carbocycles. The number of likely N-dealkylation sites (tertiary alicyclic amines) is 1. The van der Waals surface area contributed by atoms with Gasteiger partial charge in [0.25, 0.3) is 0 Å². The normalized spacial score (nSPS) is 42.0. The number of hydrogen-bond acceptors (Lipinski definition) is 4. The zero-order valence-electron chi connectivity index (χ0n) is 13.0. The number of piperidine rings is 2. The second-order valence-corrected chi connectivity index (χ2v) is 6.92. The predicted octanol–water partition coefficient (Wildman–Crippen LogP) is 1.30. The van der Waals surface area contributed by atoms with Gasteiger partial charge in [0.05, 0.1) is 6.10 Å². The van der Waals surface area contributed by atoms with Crippen LogP contribution in [0.15, 0.2) is 0 Å². The first-order valence-corrected chi connectivity index (χ1v) is 8.57. The first kappa shape index (κ1) is 14.8. The Bertz CT molecular complexity index is 325. The van der Waals surface area contributed by atoms with Gasteiger partial charge in [0.1, 0.15) is 0 Å².